The molecule has 0 saturated carbocycles. The maximum Gasteiger partial charge on any atom is 0.317 e. The molecule has 0 bridgehead atoms. The second-order valence-electron chi connectivity index (χ2n) is 3.53. The third-order valence-corrected chi connectivity index (χ3v) is 2.04. The van der Waals surface area contributed by atoms with Gasteiger partial charge in [-0.15, -0.1) is 0 Å². The molecule has 0 amide bonds. The molecule has 2 N–H and O–H groups in total. The van der Waals surface area contributed by atoms with E-state index in [2.05, 4.69) is 0 Å². The van der Waals surface area contributed by atoms with Gasteiger partial charge in [0.05, 0.1) is 38.3 Å². The number of carbonyl (C=O) groups is 2. The van der Waals surface area contributed by atoms with Crippen LogP contribution in [0.2, 0.25) is 0 Å². The Morgan fingerprint density at radius 3 is 1.44 bits per heavy atom. The summed E-state index contributed by atoms with van der Waals surface area (Å²) >= 11 is 0. The molecule has 8 heteroatoms. The van der Waals surface area contributed by atoms with E-state index in [1.165, 1.54) is 9.80 Å². The van der Waals surface area contributed by atoms with Crippen LogP contribution in [0.25, 0.3) is 0 Å². The maximum atomic E-state index is 10.5. The number of nitriles is 2. The van der Waals surface area contributed by atoms with Crippen molar-refractivity contribution in [3.05, 3.63) is 0 Å². The molecule has 0 atom stereocenters. The van der Waals surface area contributed by atoms with E-state index < -0.39 is 11.9 Å². The van der Waals surface area contributed by atoms with Gasteiger partial charge in [0.15, 0.2) is 0 Å². The molecule has 18 heavy (non-hydrogen) atoms. The van der Waals surface area contributed by atoms with E-state index in [1.807, 2.05) is 12.1 Å². The lowest BCUT2D eigenvalue weighted by Crippen LogP contribution is -2.40. The molecule has 0 aliphatic carbocycles. The van der Waals surface area contributed by atoms with Crippen LogP contribution in [0.1, 0.15) is 0 Å². The average Bonchev–Trinajstić information content (AvgIpc) is 2.24. The van der Waals surface area contributed by atoms with Crippen molar-refractivity contribution in [2.24, 2.45) is 0 Å². The van der Waals surface area contributed by atoms with Gasteiger partial charge in [-0.3, -0.25) is 19.4 Å². The summed E-state index contributed by atoms with van der Waals surface area (Å²) in [6, 6.07) is 3.66. The van der Waals surface area contributed by atoms with E-state index in [0.717, 1.165) is 0 Å². The van der Waals surface area contributed by atoms with Crippen molar-refractivity contribution < 1.29 is 19.8 Å². The van der Waals surface area contributed by atoms with Crippen LogP contribution in [0.15, 0.2) is 0 Å². The zero-order chi connectivity index (χ0) is 14.0. The summed E-state index contributed by atoms with van der Waals surface area (Å²) in [6.45, 7) is -0.259. The summed E-state index contributed by atoms with van der Waals surface area (Å²) in [5.74, 6) is -2.12. The largest absolute Gasteiger partial charge is 0.480 e. The first-order valence-corrected chi connectivity index (χ1v) is 5.11. The molecule has 0 aromatic heterocycles. The minimum absolute atomic E-state index is 0.0558. The van der Waals surface area contributed by atoms with Crippen LogP contribution in [0.4, 0.5) is 0 Å². The number of hydrogen-bond donors (Lipinski definition) is 2. The van der Waals surface area contributed by atoms with Gasteiger partial charge in [0, 0.05) is 13.1 Å². The van der Waals surface area contributed by atoms with Gasteiger partial charge in [0.25, 0.3) is 0 Å². The lowest BCUT2D eigenvalue weighted by Gasteiger charge is -2.22. The Bertz CT molecular complexity index is 335. The topological polar surface area (TPSA) is 129 Å². The smallest absolute Gasteiger partial charge is 0.317 e. The number of rotatable bonds is 9. The van der Waals surface area contributed by atoms with Gasteiger partial charge in [-0.2, -0.15) is 10.5 Å². The highest BCUT2D eigenvalue weighted by Gasteiger charge is 2.13. The van der Waals surface area contributed by atoms with Crippen LogP contribution in [-0.2, 0) is 9.59 Å². The lowest BCUT2D eigenvalue weighted by atomic mass is 10.4. The van der Waals surface area contributed by atoms with Gasteiger partial charge in [0.2, 0.25) is 0 Å². The molecule has 0 aromatic rings. The highest BCUT2D eigenvalue weighted by Crippen LogP contribution is 1.92. The molecule has 0 spiro atoms. The third kappa shape index (κ3) is 8.05. The molecule has 0 aliphatic heterocycles. The Morgan fingerprint density at radius 2 is 1.22 bits per heavy atom. The number of carboxylic acid groups (broad SMARTS) is 2. The Balaban J connectivity index is 4.27. The van der Waals surface area contributed by atoms with Crippen molar-refractivity contribution in [2.45, 2.75) is 0 Å². The predicted molar refractivity (Wildman–Crippen MR) is 59.4 cm³/mol. The lowest BCUT2D eigenvalue weighted by molar-refractivity contribution is -0.140. The summed E-state index contributed by atoms with van der Waals surface area (Å²) in [4.78, 5) is 23.8. The SMILES string of the molecule is N#CCN(CCN(CC#N)CC(=O)O)CC(=O)O. The molecule has 0 heterocycles. The summed E-state index contributed by atoms with van der Waals surface area (Å²) < 4.78 is 0. The first-order valence-electron chi connectivity index (χ1n) is 5.11. The molecule has 8 nitrogen and oxygen atoms in total. The third-order valence-electron chi connectivity index (χ3n) is 2.04. The van der Waals surface area contributed by atoms with Crippen LogP contribution in [0, 0.1) is 22.7 Å². The average molecular weight is 254 g/mol. The molecular formula is C10H14N4O4. The Morgan fingerprint density at radius 1 is 0.889 bits per heavy atom. The molecule has 0 saturated heterocycles. The highest BCUT2D eigenvalue weighted by atomic mass is 16.4. The minimum Gasteiger partial charge on any atom is -0.480 e. The van der Waals surface area contributed by atoms with Crippen molar-refractivity contribution in [3.8, 4) is 12.1 Å². The molecule has 0 aliphatic rings. The van der Waals surface area contributed by atoms with E-state index in [1.54, 1.807) is 0 Å². The molecule has 0 unspecified atom stereocenters. The second kappa shape index (κ2) is 8.93. The molecule has 0 radical (unpaired) electrons. The number of nitrogens with zero attached hydrogens (tertiary/aromatic N) is 4. The van der Waals surface area contributed by atoms with Crippen molar-refractivity contribution in [3.63, 3.8) is 0 Å². The van der Waals surface area contributed by atoms with Gasteiger partial charge in [0.1, 0.15) is 0 Å². The summed E-state index contributed by atoms with van der Waals surface area (Å²) in [5.41, 5.74) is 0. The summed E-state index contributed by atoms with van der Waals surface area (Å²) in [5, 5.41) is 34.3. The Hall–Kier alpha value is -2.16. The van der Waals surface area contributed by atoms with E-state index in [-0.39, 0.29) is 39.3 Å². The Kier molecular flexibility index (Phi) is 7.86. The molecule has 0 aromatic carbocycles. The van der Waals surface area contributed by atoms with Crippen molar-refractivity contribution in [2.75, 3.05) is 39.3 Å². The fraction of sp³-hybridized carbons (Fsp3) is 0.600. The predicted octanol–water partition coefficient (Wildman–Crippen LogP) is -1.19. The molecule has 0 rings (SSSR count). The highest BCUT2D eigenvalue weighted by molar-refractivity contribution is 5.69. The normalized spacial score (nSPS) is 10.0. The van der Waals surface area contributed by atoms with Gasteiger partial charge in [-0.25, -0.2) is 0 Å². The molecule has 0 fully saturated rings. The van der Waals surface area contributed by atoms with Crippen molar-refractivity contribution in [1.82, 2.24) is 9.80 Å². The summed E-state index contributed by atoms with van der Waals surface area (Å²) in [6.07, 6.45) is 0. The van der Waals surface area contributed by atoms with Crippen LogP contribution < -0.4 is 0 Å². The number of hydrogen-bond acceptors (Lipinski definition) is 6. The zero-order valence-electron chi connectivity index (χ0n) is 9.74. The first-order chi connectivity index (χ1) is 8.49. The van der Waals surface area contributed by atoms with E-state index in [4.69, 9.17) is 20.7 Å². The van der Waals surface area contributed by atoms with E-state index in [0.29, 0.717) is 0 Å². The number of aliphatic carboxylic acids is 2. The first kappa shape index (κ1) is 15.8. The summed E-state index contributed by atoms with van der Waals surface area (Å²) in [7, 11) is 0. The van der Waals surface area contributed by atoms with Gasteiger partial charge in [-0.1, -0.05) is 0 Å². The quantitative estimate of drug-likeness (QED) is 0.491. The van der Waals surface area contributed by atoms with Gasteiger partial charge >= 0.3 is 11.9 Å². The molecular weight excluding hydrogens is 240 g/mol. The van der Waals surface area contributed by atoms with Gasteiger partial charge in [-0.05, 0) is 0 Å². The van der Waals surface area contributed by atoms with Gasteiger partial charge < -0.3 is 10.2 Å². The number of carboxylic acids is 2. The van der Waals surface area contributed by atoms with Crippen LogP contribution in [0.5, 0.6) is 0 Å². The fourth-order valence-electron chi connectivity index (χ4n) is 1.29. The Labute approximate surface area is 104 Å². The van der Waals surface area contributed by atoms with E-state index in [9.17, 15) is 9.59 Å². The zero-order valence-corrected chi connectivity index (χ0v) is 9.74. The minimum atomic E-state index is -1.06. The standard InChI is InChI=1S/C10H14N4O4/c11-1-3-13(7-9(15)16)5-6-14(4-2-12)8-10(17)18/h3-8H2,(H,15,16)(H,17,18). The second-order valence-corrected chi connectivity index (χ2v) is 3.53. The van der Waals surface area contributed by atoms with E-state index >= 15 is 0 Å². The molecule has 98 valence electrons. The monoisotopic (exact) mass is 254 g/mol. The fourth-order valence-corrected chi connectivity index (χ4v) is 1.29. The van der Waals surface area contributed by atoms with Crippen molar-refractivity contribution in [1.29, 1.82) is 10.5 Å². The maximum absolute atomic E-state index is 10.5. The van der Waals surface area contributed by atoms with Crippen LogP contribution in [0.3, 0.4) is 0 Å². The van der Waals surface area contributed by atoms with Crippen LogP contribution >= 0.6 is 0 Å². The van der Waals surface area contributed by atoms with Crippen molar-refractivity contribution >= 4 is 11.9 Å². The van der Waals surface area contributed by atoms with Crippen LogP contribution in [-0.4, -0.2) is 71.2 Å².